The van der Waals surface area contributed by atoms with Gasteiger partial charge in [-0.15, -0.1) is 0 Å². The Kier molecular flexibility index (Phi) is 11.9. The Morgan fingerprint density at radius 2 is 1.57 bits per heavy atom. The SMILES string of the molecule is CCCCCCCCCC=CC[C]=O. The van der Waals surface area contributed by atoms with Crippen molar-refractivity contribution < 1.29 is 4.79 Å². The molecule has 0 unspecified atom stereocenters. The fourth-order valence-electron chi connectivity index (χ4n) is 1.47. The lowest BCUT2D eigenvalue weighted by molar-refractivity contribution is 0.556. The zero-order valence-electron chi connectivity index (χ0n) is 9.43. The average Bonchev–Trinajstić information content (AvgIpc) is 2.21. The Balaban J connectivity index is 2.95. The van der Waals surface area contributed by atoms with Gasteiger partial charge in [-0.2, -0.15) is 0 Å². The van der Waals surface area contributed by atoms with Crippen LogP contribution >= 0.6 is 0 Å². The molecule has 0 saturated heterocycles. The number of unbranched alkanes of at least 4 members (excludes halogenated alkanes) is 7. The molecule has 0 aromatic carbocycles. The second-order valence-corrected chi connectivity index (χ2v) is 3.73. The van der Waals surface area contributed by atoms with Crippen molar-refractivity contribution in [1.29, 1.82) is 0 Å². The second-order valence-electron chi connectivity index (χ2n) is 3.73. The normalized spacial score (nSPS) is 10.9. The largest absolute Gasteiger partial charge is 0.291 e. The van der Waals surface area contributed by atoms with Crippen LogP contribution in [0.25, 0.3) is 0 Å². The molecular weight excluding hydrogens is 172 g/mol. The molecule has 0 aromatic heterocycles. The first-order valence-electron chi connectivity index (χ1n) is 5.91. The van der Waals surface area contributed by atoms with Crippen LogP contribution in [0, 0.1) is 0 Å². The van der Waals surface area contributed by atoms with Crippen molar-refractivity contribution in [3.63, 3.8) is 0 Å². The molecule has 0 aliphatic heterocycles. The minimum atomic E-state index is 0.455. The van der Waals surface area contributed by atoms with E-state index < -0.39 is 0 Å². The van der Waals surface area contributed by atoms with Gasteiger partial charge in [-0.1, -0.05) is 57.6 Å². The quantitative estimate of drug-likeness (QED) is 0.377. The number of carbonyl (C=O) groups excluding carboxylic acids is 1. The number of rotatable bonds is 10. The zero-order chi connectivity index (χ0) is 10.5. The molecule has 1 radical (unpaired) electrons. The van der Waals surface area contributed by atoms with E-state index in [4.69, 9.17) is 0 Å². The van der Waals surface area contributed by atoms with E-state index >= 15 is 0 Å². The van der Waals surface area contributed by atoms with Crippen LogP contribution in [0.3, 0.4) is 0 Å². The van der Waals surface area contributed by atoms with Gasteiger partial charge in [0.05, 0.1) is 0 Å². The first-order valence-corrected chi connectivity index (χ1v) is 5.91. The highest BCUT2D eigenvalue weighted by Crippen LogP contribution is 2.08. The molecular formula is C13H23O. The Bertz CT molecular complexity index is 138. The Hall–Kier alpha value is -0.590. The van der Waals surface area contributed by atoms with Crippen LogP contribution in [-0.2, 0) is 4.79 Å². The van der Waals surface area contributed by atoms with E-state index in [0.29, 0.717) is 6.42 Å². The summed E-state index contributed by atoms with van der Waals surface area (Å²) >= 11 is 0. The lowest BCUT2D eigenvalue weighted by atomic mass is 10.1. The standard InChI is InChI=1S/C13H23O/c1-2-3-4-5-6-7-8-9-10-11-12-13-14/h10-11H,2-9,12H2,1H3. The number of hydrogen-bond donors (Lipinski definition) is 0. The molecule has 0 aliphatic carbocycles. The van der Waals surface area contributed by atoms with Crippen LogP contribution < -0.4 is 0 Å². The van der Waals surface area contributed by atoms with E-state index in [1.807, 2.05) is 12.4 Å². The van der Waals surface area contributed by atoms with Crippen molar-refractivity contribution in [1.82, 2.24) is 0 Å². The van der Waals surface area contributed by atoms with E-state index in [9.17, 15) is 4.79 Å². The number of hydrogen-bond acceptors (Lipinski definition) is 1. The van der Waals surface area contributed by atoms with E-state index in [-0.39, 0.29) is 0 Å². The summed E-state index contributed by atoms with van der Waals surface area (Å²) in [6.07, 6.45) is 16.9. The molecule has 0 atom stereocenters. The molecule has 0 bridgehead atoms. The minimum absolute atomic E-state index is 0.455. The van der Waals surface area contributed by atoms with Gasteiger partial charge in [0.25, 0.3) is 0 Å². The zero-order valence-corrected chi connectivity index (χ0v) is 9.43. The van der Waals surface area contributed by atoms with Crippen LogP contribution in [0.2, 0.25) is 0 Å². The third-order valence-corrected chi connectivity index (χ3v) is 2.34. The average molecular weight is 195 g/mol. The lowest BCUT2D eigenvalue weighted by Crippen LogP contribution is -1.79. The highest BCUT2D eigenvalue weighted by atomic mass is 16.1. The smallest absolute Gasteiger partial charge is 0.202 e. The predicted octanol–water partition coefficient (Wildman–Crippen LogP) is 4.18. The number of allylic oxidation sites excluding steroid dienone is 2. The topological polar surface area (TPSA) is 17.1 Å². The van der Waals surface area contributed by atoms with Crippen LogP contribution in [0.5, 0.6) is 0 Å². The molecule has 0 saturated carbocycles. The lowest BCUT2D eigenvalue weighted by Gasteiger charge is -1.98. The predicted molar refractivity (Wildman–Crippen MR) is 62.1 cm³/mol. The van der Waals surface area contributed by atoms with Crippen molar-refractivity contribution in [2.24, 2.45) is 0 Å². The molecule has 1 heteroatoms. The summed E-state index contributed by atoms with van der Waals surface area (Å²) in [6.45, 7) is 2.24. The third-order valence-electron chi connectivity index (χ3n) is 2.34. The van der Waals surface area contributed by atoms with Gasteiger partial charge in [0.15, 0.2) is 0 Å². The van der Waals surface area contributed by atoms with Crippen molar-refractivity contribution in [2.45, 2.75) is 64.7 Å². The van der Waals surface area contributed by atoms with Crippen LogP contribution in [0.4, 0.5) is 0 Å². The molecule has 81 valence electrons. The van der Waals surface area contributed by atoms with Crippen LogP contribution in [-0.4, -0.2) is 6.29 Å². The van der Waals surface area contributed by atoms with Crippen LogP contribution in [0.1, 0.15) is 64.7 Å². The van der Waals surface area contributed by atoms with Crippen LogP contribution in [0.15, 0.2) is 12.2 Å². The van der Waals surface area contributed by atoms with Gasteiger partial charge in [-0.05, 0) is 12.8 Å². The monoisotopic (exact) mass is 195 g/mol. The second kappa shape index (κ2) is 12.4. The summed E-state index contributed by atoms with van der Waals surface area (Å²) < 4.78 is 0. The van der Waals surface area contributed by atoms with Gasteiger partial charge in [0.1, 0.15) is 0 Å². The molecule has 0 fully saturated rings. The molecule has 0 spiro atoms. The highest BCUT2D eigenvalue weighted by Gasteiger charge is 1.88. The van der Waals surface area contributed by atoms with Gasteiger partial charge < -0.3 is 0 Å². The maximum atomic E-state index is 9.86. The highest BCUT2D eigenvalue weighted by molar-refractivity contribution is 5.52. The first-order chi connectivity index (χ1) is 6.91. The molecule has 14 heavy (non-hydrogen) atoms. The van der Waals surface area contributed by atoms with E-state index in [1.54, 1.807) is 0 Å². The summed E-state index contributed by atoms with van der Waals surface area (Å²) in [6, 6.07) is 0. The molecule has 0 amide bonds. The summed E-state index contributed by atoms with van der Waals surface area (Å²) in [5.74, 6) is 0. The van der Waals surface area contributed by atoms with Gasteiger partial charge in [0, 0.05) is 6.42 Å². The summed E-state index contributed by atoms with van der Waals surface area (Å²) in [5.41, 5.74) is 0. The van der Waals surface area contributed by atoms with Gasteiger partial charge >= 0.3 is 0 Å². The van der Waals surface area contributed by atoms with Gasteiger partial charge in [-0.3, -0.25) is 4.79 Å². The molecule has 0 heterocycles. The third kappa shape index (κ3) is 11.4. The van der Waals surface area contributed by atoms with Gasteiger partial charge in [-0.25, -0.2) is 0 Å². The van der Waals surface area contributed by atoms with E-state index in [0.717, 1.165) is 6.42 Å². The van der Waals surface area contributed by atoms with Crippen molar-refractivity contribution >= 4 is 6.29 Å². The maximum absolute atomic E-state index is 9.86. The van der Waals surface area contributed by atoms with E-state index in [1.165, 1.54) is 44.9 Å². The van der Waals surface area contributed by atoms with Gasteiger partial charge in [0.2, 0.25) is 6.29 Å². The Morgan fingerprint density at radius 1 is 0.929 bits per heavy atom. The summed E-state index contributed by atoms with van der Waals surface area (Å²) in [4.78, 5) is 9.86. The maximum Gasteiger partial charge on any atom is 0.202 e. The van der Waals surface area contributed by atoms with Crippen molar-refractivity contribution in [3.8, 4) is 0 Å². The molecule has 0 rings (SSSR count). The van der Waals surface area contributed by atoms with Crippen molar-refractivity contribution in [3.05, 3.63) is 12.2 Å². The minimum Gasteiger partial charge on any atom is -0.291 e. The first kappa shape index (κ1) is 13.4. The fraction of sp³-hybridized carbons (Fsp3) is 0.769. The molecule has 0 N–H and O–H groups in total. The summed E-state index contributed by atoms with van der Waals surface area (Å²) in [7, 11) is 0. The fourth-order valence-corrected chi connectivity index (χ4v) is 1.47. The Morgan fingerprint density at radius 3 is 2.21 bits per heavy atom. The molecule has 1 nitrogen and oxygen atoms in total. The van der Waals surface area contributed by atoms with E-state index in [2.05, 4.69) is 13.0 Å². The van der Waals surface area contributed by atoms with Crippen molar-refractivity contribution in [2.75, 3.05) is 0 Å². The summed E-state index contributed by atoms with van der Waals surface area (Å²) in [5, 5.41) is 0. The molecule has 0 aliphatic rings. The Labute approximate surface area is 88.6 Å². The molecule has 0 aromatic rings.